The van der Waals surface area contributed by atoms with Gasteiger partial charge in [0.1, 0.15) is 5.57 Å². The Morgan fingerprint density at radius 2 is 2.19 bits per heavy atom. The third-order valence-corrected chi connectivity index (χ3v) is 1.80. The number of allylic oxidation sites excluding steroid dienone is 1. The second-order valence-corrected chi connectivity index (χ2v) is 3.24. The van der Waals surface area contributed by atoms with Crippen molar-refractivity contribution in [2.75, 3.05) is 6.61 Å². The lowest BCUT2D eigenvalue weighted by molar-refractivity contribution is -0.138. The second kappa shape index (κ2) is 6.78. The van der Waals surface area contributed by atoms with Gasteiger partial charge in [-0.3, -0.25) is 0 Å². The van der Waals surface area contributed by atoms with E-state index >= 15 is 0 Å². The lowest BCUT2D eigenvalue weighted by Gasteiger charge is -2.09. The van der Waals surface area contributed by atoms with Crippen LogP contribution in [0.2, 0.25) is 0 Å². The number of carbonyl (C=O) groups is 1. The zero-order valence-corrected chi connectivity index (χ0v) is 11.3. The summed E-state index contributed by atoms with van der Waals surface area (Å²) >= 11 is 5.63. The van der Waals surface area contributed by atoms with E-state index in [-0.39, 0.29) is 12.7 Å². The van der Waals surface area contributed by atoms with Gasteiger partial charge in [-0.05, 0) is 6.92 Å². The quantitative estimate of drug-likeness (QED) is 0.270. The molecule has 4 nitrogen and oxygen atoms in total. The van der Waals surface area contributed by atoms with Gasteiger partial charge >= 0.3 is 28.7 Å². The van der Waals surface area contributed by atoms with Crippen LogP contribution in [0.15, 0.2) is 16.8 Å². The molecule has 0 atom stereocenters. The van der Waals surface area contributed by atoms with Gasteiger partial charge in [0, 0.05) is 6.08 Å². The summed E-state index contributed by atoms with van der Waals surface area (Å²) in [7, 11) is 0. The maximum Gasteiger partial charge on any atom is 0.419 e. The van der Waals surface area contributed by atoms with Gasteiger partial charge in [0.25, 0.3) is 0 Å². The largest absolute Gasteiger partial charge is 0.463 e. The fourth-order valence-electron chi connectivity index (χ4n) is 0.719. The van der Waals surface area contributed by atoms with Crippen LogP contribution in [0.4, 0.5) is 13.2 Å². The number of halogens is 4. The lowest BCUT2D eigenvalue weighted by Crippen LogP contribution is -2.20. The average Bonchev–Trinajstić information content (AvgIpc) is 2.13. The molecule has 16 heavy (non-hydrogen) atoms. The topological polar surface area (TPSA) is 50.7 Å². The third-order valence-electron chi connectivity index (χ3n) is 1.29. The molecule has 0 spiro atoms. The molecule has 0 amide bonds. The zero-order valence-electron chi connectivity index (χ0n) is 8.56. The van der Waals surface area contributed by atoms with Crippen molar-refractivity contribution >= 4 is 39.3 Å². The van der Waals surface area contributed by atoms with E-state index in [9.17, 15) is 18.0 Å². The molecule has 0 bridgehead atoms. The fraction of sp³-hybridized carbons (Fsp3) is 0.429. The zero-order chi connectivity index (χ0) is 12.8. The molecule has 0 saturated carbocycles. The molecule has 0 fully saturated rings. The van der Waals surface area contributed by atoms with Crippen LogP contribution >= 0.6 is 11.6 Å². The van der Waals surface area contributed by atoms with Crippen LogP contribution < -0.4 is 4.41 Å². The second-order valence-electron chi connectivity index (χ2n) is 2.43. The molecule has 0 rings (SSSR count). The van der Waals surface area contributed by atoms with Crippen LogP contribution in [0, 0.1) is 0 Å². The van der Waals surface area contributed by atoms with E-state index in [0.29, 0.717) is 16.5 Å². The number of hydrogen-bond donors (Lipinski definition) is 1. The number of hydrazone groups is 1. The molecule has 0 aliphatic carbocycles. The van der Waals surface area contributed by atoms with Gasteiger partial charge in [0.05, 0.1) is 6.61 Å². The maximum atomic E-state index is 12.4. The summed E-state index contributed by atoms with van der Waals surface area (Å²) in [5.41, 5.74) is -1.34. The first-order valence-corrected chi connectivity index (χ1v) is 5.56. The number of ether oxygens (including phenoxy) is 1. The smallest absolute Gasteiger partial charge is 0.419 e. The van der Waals surface area contributed by atoms with E-state index in [1.54, 1.807) is 0 Å². The van der Waals surface area contributed by atoms with E-state index in [0.717, 1.165) is 0 Å². The summed E-state index contributed by atoms with van der Waals surface area (Å²) in [4.78, 5) is 10.9. The van der Waals surface area contributed by atoms with Gasteiger partial charge in [0.2, 0.25) is 0 Å². The molecule has 0 aromatic rings. The molecule has 0 aromatic carbocycles. The third kappa shape index (κ3) is 5.40. The monoisotopic (exact) mass is 272 g/mol. The molecule has 0 radical (unpaired) electrons. The highest BCUT2D eigenvalue weighted by atomic mass is 35.5. The van der Waals surface area contributed by atoms with E-state index in [2.05, 4.69) is 14.2 Å². The predicted octanol–water partition coefficient (Wildman–Crippen LogP) is 0.728. The van der Waals surface area contributed by atoms with Crippen LogP contribution in [0.1, 0.15) is 6.92 Å². The van der Waals surface area contributed by atoms with Crippen molar-refractivity contribution in [2.24, 2.45) is 5.10 Å². The molecular weight excluding hydrogens is 264 g/mol. The first-order chi connectivity index (χ1) is 7.32. The maximum absolute atomic E-state index is 12.4. The molecular formula is C7H9AlClF3N2O2. The highest BCUT2D eigenvalue weighted by molar-refractivity contribution is 6.70. The predicted molar refractivity (Wildman–Crippen MR) is 55.7 cm³/mol. The van der Waals surface area contributed by atoms with E-state index in [1.807, 2.05) is 0 Å². The Hall–Kier alpha value is -0.708. The first-order valence-electron chi connectivity index (χ1n) is 4.18. The van der Waals surface area contributed by atoms with Crippen molar-refractivity contribution < 1.29 is 22.7 Å². The number of rotatable bonds is 4. The summed E-state index contributed by atoms with van der Waals surface area (Å²) in [5.74, 6) is -1.11. The minimum atomic E-state index is -4.76. The number of nitrogens with one attached hydrogen (secondary N) is 1. The average molecular weight is 273 g/mol. The molecule has 0 aromatic heterocycles. The van der Waals surface area contributed by atoms with Crippen LogP contribution in [-0.4, -0.2) is 40.4 Å². The Morgan fingerprint density at radius 3 is 2.56 bits per heavy atom. The standard InChI is InChI=1S/C7H8ClF3N2O2.Al.2H/c1-2-15-5(14)3-4(6(8)13-12)7(9,10)11;;;/h3H,2H2,1H3,(H2,12,14);;;/q;+1;;/p-1. The van der Waals surface area contributed by atoms with Gasteiger partial charge in [-0.25, -0.2) is 4.79 Å². The molecule has 1 N–H and O–H groups in total. The summed E-state index contributed by atoms with van der Waals surface area (Å²) in [5, 5.41) is 2.38. The highest BCUT2D eigenvalue weighted by Gasteiger charge is 2.37. The number of hydrogen-bond acceptors (Lipinski definition) is 4. The van der Waals surface area contributed by atoms with Crippen molar-refractivity contribution in [2.45, 2.75) is 13.1 Å². The van der Waals surface area contributed by atoms with Crippen LogP contribution in [0.5, 0.6) is 0 Å². The summed E-state index contributed by atoms with van der Waals surface area (Å²) in [6.45, 7) is 1.46. The normalized spacial score (nSPS) is 13.6. The SMILES string of the molecule is CCOC(=O)/C=C(\C(Cl)=N\[NH][AlH2])C(F)(F)F. The molecule has 0 unspecified atom stereocenters. The molecule has 0 aliphatic rings. The highest BCUT2D eigenvalue weighted by Crippen LogP contribution is 2.27. The van der Waals surface area contributed by atoms with Gasteiger partial charge in [0.15, 0.2) is 5.17 Å². The minimum Gasteiger partial charge on any atom is -0.463 e. The number of esters is 1. The Bertz CT molecular complexity index is 317. The van der Waals surface area contributed by atoms with E-state index in [4.69, 9.17) is 11.6 Å². The van der Waals surface area contributed by atoms with Gasteiger partial charge in [-0.2, -0.15) is 18.3 Å². The van der Waals surface area contributed by atoms with Crippen LogP contribution in [0.25, 0.3) is 0 Å². The number of nitrogens with zero attached hydrogens (tertiary/aromatic N) is 1. The van der Waals surface area contributed by atoms with E-state index in [1.165, 1.54) is 6.92 Å². The van der Waals surface area contributed by atoms with Crippen molar-refractivity contribution in [1.82, 2.24) is 4.41 Å². The molecule has 90 valence electrons. The fourth-order valence-corrected chi connectivity index (χ4v) is 1.33. The minimum absolute atomic E-state index is 0.0197. The summed E-state index contributed by atoms with van der Waals surface area (Å²) in [6, 6.07) is 0. The van der Waals surface area contributed by atoms with Crippen molar-refractivity contribution in [3.63, 3.8) is 0 Å². The molecule has 9 heteroatoms. The lowest BCUT2D eigenvalue weighted by atomic mass is 10.2. The van der Waals surface area contributed by atoms with E-state index < -0.39 is 22.9 Å². The Kier molecular flexibility index (Phi) is 6.48. The molecule has 0 saturated heterocycles. The van der Waals surface area contributed by atoms with Crippen LogP contribution in [-0.2, 0) is 9.53 Å². The van der Waals surface area contributed by atoms with Gasteiger partial charge in [-0.1, -0.05) is 11.6 Å². The number of alkyl halides is 3. The van der Waals surface area contributed by atoms with Crippen molar-refractivity contribution in [3.05, 3.63) is 11.6 Å². The van der Waals surface area contributed by atoms with Gasteiger partial charge in [-0.15, -0.1) is 0 Å². The Labute approximate surface area is 103 Å². The van der Waals surface area contributed by atoms with Gasteiger partial charge < -0.3 is 9.15 Å². The summed E-state index contributed by atoms with van der Waals surface area (Å²) in [6.07, 6.45) is -4.49. The molecule has 0 heterocycles. The Morgan fingerprint density at radius 1 is 1.62 bits per heavy atom. The van der Waals surface area contributed by atoms with Crippen molar-refractivity contribution in [1.29, 1.82) is 0 Å². The number of carbonyl (C=O) groups excluding carboxylic acids is 1. The molecule has 0 aliphatic heterocycles. The summed E-state index contributed by atoms with van der Waals surface area (Å²) < 4.78 is 43.9. The van der Waals surface area contributed by atoms with Crippen LogP contribution in [0.3, 0.4) is 0 Å². The first kappa shape index (κ1) is 15.3. The van der Waals surface area contributed by atoms with Crippen molar-refractivity contribution in [3.8, 4) is 0 Å². The Balaban J connectivity index is 5.11.